The monoisotopic (exact) mass is 313 g/mol. The Kier molecular flexibility index (Phi) is 8.18. The quantitative estimate of drug-likeness (QED) is 0.792. The summed E-state index contributed by atoms with van der Waals surface area (Å²) in [5.41, 5.74) is -0.437. The molecule has 0 aromatic carbocycles. The molecule has 0 saturated carbocycles. The van der Waals surface area contributed by atoms with Gasteiger partial charge >= 0.3 is 6.09 Å². The molecule has 1 amide bonds. The van der Waals surface area contributed by atoms with Gasteiger partial charge in [-0.2, -0.15) is 0 Å². The van der Waals surface area contributed by atoms with Crippen LogP contribution < -0.4 is 10.6 Å². The minimum Gasteiger partial charge on any atom is -0.444 e. The Morgan fingerprint density at radius 1 is 1.32 bits per heavy atom. The SMILES string of the molecule is CCN1CCCC(NCCC(C)NC(=O)OC(C)(C)C)CC1. The highest BCUT2D eigenvalue weighted by Gasteiger charge is 2.18. The summed E-state index contributed by atoms with van der Waals surface area (Å²) in [6.45, 7) is 14.4. The van der Waals surface area contributed by atoms with Crippen LogP contribution in [0.1, 0.15) is 60.3 Å². The van der Waals surface area contributed by atoms with Crippen molar-refractivity contribution in [3.63, 3.8) is 0 Å². The van der Waals surface area contributed by atoms with E-state index in [1.165, 1.54) is 32.4 Å². The number of alkyl carbamates (subject to hydrolysis) is 1. The standard InChI is InChI=1S/C17H35N3O2/c1-6-20-12-7-8-15(10-13-20)18-11-9-14(2)19-16(21)22-17(3,4)5/h14-15,18H,6-13H2,1-5H3,(H,19,21). The summed E-state index contributed by atoms with van der Waals surface area (Å²) in [4.78, 5) is 14.2. The number of hydrogen-bond donors (Lipinski definition) is 2. The van der Waals surface area contributed by atoms with Gasteiger partial charge in [-0.1, -0.05) is 6.92 Å². The summed E-state index contributed by atoms with van der Waals surface area (Å²) < 4.78 is 5.27. The fourth-order valence-electron chi connectivity index (χ4n) is 2.76. The van der Waals surface area contributed by atoms with E-state index < -0.39 is 5.60 Å². The number of amides is 1. The van der Waals surface area contributed by atoms with Crippen molar-refractivity contribution in [3.05, 3.63) is 0 Å². The lowest BCUT2D eigenvalue weighted by atomic mass is 10.1. The first-order valence-corrected chi connectivity index (χ1v) is 8.75. The van der Waals surface area contributed by atoms with Crippen LogP contribution in [0.15, 0.2) is 0 Å². The first-order chi connectivity index (χ1) is 10.3. The maximum atomic E-state index is 11.7. The van der Waals surface area contributed by atoms with Crippen molar-refractivity contribution in [1.29, 1.82) is 0 Å². The Morgan fingerprint density at radius 3 is 2.68 bits per heavy atom. The second-order valence-electron chi connectivity index (χ2n) is 7.35. The molecule has 0 radical (unpaired) electrons. The Bertz CT molecular complexity index is 328. The van der Waals surface area contributed by atoms with E-state index in [-0.39, 0.29) is 12.1 Å². The van der Waals surface area contributed by atoms with Crippen LogP contribution in [0.3, 0.4) is 0 Å². The van der Waals surface area contributed by atoms with Gasteiger partial charge in [-0.3, -0.25) is 0 Å². The third kappa shape index (κ3) is 8.59. The van der Waals surface area contributed by atoms with Crippen LogP contribution in [-0.2, 0) is 4.74 Å². The molecule has 2 unspecified atom stereocenters. The van der Waals surface area contributed by atoms with Gasteiger partial charge in [0.25, 0.3) is 0 Å². The topological polar surface area (TPSA) is 53.6 Å². The lowest BCUT2D eigenvalue weighted by Gasteiger charge is -2.23. The van der Waals surface area contributed by atoms with Crippen LogP contribution in [0.5, 0.6) is 0 Å². The molecule has 2 atom stereocenters. The van der Waals surface area contributed by atoms with E-state index in [1.54, 1.807) is 0 Å². The highest BCUT2D eigenvalue weighted by molar-refractivity contribution is 5.67. The fraction of sp³-hybridized carbons (Fsp3) is 0.941. The number of rotatable bonds is 6. The highest BCUT2D eigenvalue weighted by atomic mass is 16.6. The molecule has 2 N–H and O–H groups in total. The predicted octanol–water partition coefficient (Wildman–Crippen LogP) is 2.75. The summed E-state index contributed by atoms with van der Waals surface area (Å²) in [7, 11) is 0. The van der Waals surface area contributed by atoms with Gasteiger partial charge in [0.2, 0.25) is 0 Å². The summed E-state index contributed by atoms with van der Waals surface area (Å²) in [5.74, 6) is 0. The van der Waals surface area contributed by atoms with Crippen LogP contribution in [-0.4, -0.2) is 54.9 Å². The van der Waals surface area contributed by atoms with E-state index >= 15 is 0 Å². The molecular formula is C17H35N3O2. The second-order valence-corrected chi connectivity index (χ2v) is 7.35. The van der Waals surface area contributed by atoms with Crippen molar-refractivity contribution in [1.82, 2.24) is 15.5 Å². The van der Waals surface area contributed by atoms with Crippen LogP contribution >= 0.6 is 0 Å². The van der Waals surface area contributed by atoms with Gasteiger partial charge < -0.3 is 20.3 Å². The van der Waals surface area contributed by atoms with Gasteiger partial charge in [0.15, 0.2) is 0 Å². The summed E-state index contributed by atoms with van der Waals surface area (Å²) in [6.07, 6.45) is 4.35. The molecular weight excluding hydrogens is 278 g/mol. The van der Waals surface area contributed by atoms with E-state index in [4.69, 9.17) is 4.74 Å². The van der Waals surface area contributed by atoms with Crippen LogP contribution in [0.2, 0.25) is 0 Å². The van der Waals surface area contributed by atoms with E-state index in [2.05, 4.69) is 22.5 Å². The normalized spacial score (nSPS) is 22.0. The molecule has 0 aliphatic carbocycles. The summed E-state index contributed by atoms with van der Waals surface area (Å²) in [6, 6.07) is 0.741. The van der Waals surface area contributed by atoms with Gasteiger partial charge in [0.1, 0.15) is 5.60 Å². The molecule has 1 heterocycles. The van der Waals surface area contributed by atoms with Gasteiger partial charge in [0, 0.05) is 12.1 Å². The molecule has 1 aliphatic rings. The number of carbonyl (C=O) groups excluding carboxylic acids is 1. The van der Waals surface area contributed by atoms with Crippen molar-refractivity contribution in [3.8, 4) is 0 Å². The third-order valence-electron chi connectivity index (χ3n) is 4.04. The molecule has 1 fully saturated rings. The van der Waals surface area contributed by atoms with Gasteiger partial charge in [0.05, 0.1) is 0 Å². The maximum Gasteiger partial charge on any atom is 0.407 e. The lowest BCUT2D eigenvalue weighted by Crippen LogP contribution is -2.40. The molecule has 22 heavy (non-hydrogen) atoms. The smallest absolute Gasteiger partial charge is 0.407 e. The van der Waals surface area contributed by atoms with Gasteiger partial charge in [-0.05, 0) is 79.6 Å². The van der Waals surface area contributed by atoms with Crippen LogP contribution in [0.25, 0.3) is 0 Å². The van der Waals surface area contributed by atoms with Crippen molar-refractivity contribution >= 4 is 6.09 Å². The molecule has 1 aliphatic heterocycles. The zero-order chi connectivity index (χ0) is 16.6. The second kappa shape index (κ2) is 9.36. The largest absolute Gasteiger partial charge is 0.444 e. The minimum absolute atomic E-state index is 0.125. The molecule has 130 valence electrons. The van der Waals surface area contributed by atoms with Gasteiger partial charge in [-0.15, -0.1) is 0 Å². The van der Waals surface area contributed by atoms with Crippen molar-refractivity contribution in [2.24, 2.45) is 0 Å². The maximum absolute atomic E-state index is 11.7. The Labute approximate surface area is 136 Å². The number of hydrogen-bond acceptors (Lipinski definition) is 4. The number of nitrogens with zero attached hydrogens (tertiary/aromatic N) is 1. The molecule has 5 nitrogen and oxygen atoms in total. The summed E-state index contributed by atoms with van der Waals surface area (Å²) >= 11 is 0. The molecule has 5 heteroatoms. The third-order valence-corrected chi connectivity index (χ3v) is 4.04. The van der Waals surface area contributed by atoms with Crippen molar-refractivity contribution in [2.45, 2.75) is 78.0 Å². The lowest BCUT2D eigenvalue weighted by molar-refractivity contribution is 0.0506. The Balaban J connectivity index is 2.16. The first-order valence-electron chi connectivity index (χ1n) is 8.75. The molecule has 1 saturated heterocycles. The molecule has 1 rings (SSSR count). The van der Waals surface area contributed by atoms with Crippen LogP contribution in [0, 0.1) is 0 Å². The minimum atomic E-state index is -0.437. The average molecular weight is 313 g/mol. The first kappa shape index (κ1) is 19.2. The average Bonchev–Trinajstić information content (AvgIpc) is 2.61. The zero-order valence-corrected chi connectivity index (χ0v) is 15.1. The fourth-order valence-corrected chi connectivity index (χ4v) is 2.76. The number of likely N-dealkylation sites (tertiary alicyclic amines) is 1. The zero-order valence-electron chi connectivity index (χ0n) is 15.1. The Morgan fingerprint density at radius 2 is 2.05 bits per heavy atom. The van der Waals surface area contributed by atoms with E-state index in [9.17, 15) is 4.79 Å². The molecule has 0 spiro atoms. The molecule has 0 aromatic heterocycles. The summed E-state index contributed by atoms with van der Waals surface area (Å²) in [5, 5.41) is 6.53. The van der Waals surface area contributed by atoms with Crippen molar-refractivity contribution in [2.75, 3.05) is 26.2 Å². The molecule has 0 aromatic rings. The van der Waals surface area contributed by atoms with Gasteiger partial charge in [-0.25, -0.2) is 4.79 Å². The number of carbonyl (C=O) groups is 1. The van der Waals surface area contributed by atoms with Crippen LogP contribution in [0.4, 0.5) is 4.79 Å². The number of nitrogens with one attached hydrogen (secondary N) is 2. The Hall–Kier alpha value is -0.810. The van der Waals surface area contributed by atoms with E-state index in [0.29, 0.717) is 6.04 Å². The molecule has 0 bridgehead atoms. The highest BCUT2D eigenvalue weighted by Crippen LogP contribution is 2.11. The van der Waals surface area contributed by atoms with E-state index in [1.807, 2.05) is 27.7 Å². The van der Waals surface area contributed by atoms with E-state index in [0.717, 1.165) is 19.5 Å². The predicted molar refractivity (Wildman–Crippen MR) is 91.2 cm³/mol. The van der Waals surface area contributed by atoms with Crippen molar-refractivity contribution < 1.29 is 9.53 Å². The number of ether oxygens (including phenoxy) is 1.